The summed E-state index contributed by atoms with van der Waals surface area (Å²) in [5.74, 6) is 6.31. The molecule has 1 atom stereocenters. The number of aromatic nitrogens is 2. The van der Waals surface area contributed by atoms with Gasteiger partial charge in [-0.15, -0.1) is 0 Å². The lowest BCUT2D eigenvalue weighted by atomic mass is 10.1. The Morgan fingerprint density at radius 3 is 2.56 bits per heavy atom. The van der Waals surface area contributed by atoms with Gasteiger partial charge in [0, 0.05) is 6.54 Å². The predicted octanol–water partition coefficient (Wildman–Crippen LogP) is 0.0866. The summed E-state index contributed by atoms with van der Waals surface area (Å²) < 4.78 is 26.4. The normalized spacial score (nSPS) is 17.4. The lowest BCUT2D eigenvalue weighted by Crippen LogP contribution is -2.29. The van der Waals surface area contributed by atoms with Crippen LogP contribution in [0, 0.1) is 11.8 Å². The molecule has 1 saturated carbocycles. The van der Waals surface area contributed by atoms with Crippen LogP contribution < -0.4 is 16.0 Å². The zero-order chi connectivity index (χ0) is 13.2. The van der Waals surface area contributed by atoms with Crippen molar-refractivity contribution in [2.24, 2.45) is 17.7 Å². The van der Waals surface area contributed by atoms with Gasteiger partial charge in [0.2, 0.25) is 16.0 Å². The van der Waals surface area contributed by atoms with E-state index in [2.05, 4.69) is 27.0 Å². The molecule has 1 unspecified atom stereocenters. The molecule has 7 nitrogen and oxygen atoms in total. The Morgan fingerprint density at radius 2 is 2.06 bits per heavy atom. The lowest BCUT2D eigenvalue weighted by Gasteiger charge is -2.11. The van der Waals surface area contributed by atoms with Crippen molar-refractivity contribution in [1.82, 2.24) is 14.7 Å². The van der Waals surface area contributed by atoms with Crippen LogP contribution in [0.4, 0.5) is 5.95 Å². The average Bonchev–Trinajstić information content (AvgIpc) is 3.20. The number of hydrogen-bond acceptors (Lipinski definition) is 6. The third kappa shape index (κ3) is 3.15. The van der Waals surface area contributed by atoms with Crippen molar-refractivity contribution >= 4 is 16.0 Å². The quantitative estimate of drug-likeness (QED) is 0.499. The molecule has 8 heteroatoms. The highest BCUT2D eigenvalue weighted by Crippen LogP contribution is 2.36. The minimum absolute atomic E-state index is 0.0458. The first-order chi connectivity index (χ1) is 8.53. The maximum absolute atomic E-state index is 11.9. The standard InChI is InChI=1S/C10H17N5O2S/c1-7(8-2-3-8)4-14-18(16,17)9-5-12-10(15-11)13-6-9/h5-8,14H,2-4,11H2,1H3,(H,12,13,15). The van der Waals surface area contributed by atoms with E-state index in [1.54, 1.807) is 0 Å². The van der Waals surface area contributed by atoms with Crippen LogP contribution in [0.15, 0.2) is 17.3 Å². The SMILES string of the molecule is CC(CNS(=O)(=O)c1cnc(NN)nc1)C1CC1. The van der Waals surface area contributed by atoms with Gasteiger partial charge in [0.05, 0.1) is 12.4 Å². The summed E-state index contributed by atoms with van der Waals surface area (Å²) in [5.41, 5.74) is 2.24. The minimum atomic E-state index is -3.53. The molecular formula is C10H17N5O2S. The van der Waals surface area contributed by atoms with E-state index in [4.69, 9.17) is 5.84 Å². The third-order valence-corrected chi connectivity index (χ3v) is 4.47. The number of hydrazine groups is 1. The first-order valence-electron chi connectivity index (χ1n) is 5.81. The van der Waals surface area contributed by atoms with Crippen LogP contribution in [0.1, 0.15) is 19.8 Å². The summed E-state index contributed by atoms with van der Waals surface area (Å²) in [5, 5.41) is 0. The van der Waals surface area contributed by atoms with Crippen molar-refractivity contribution in [3.63, 3.8) is 0 Å². The van der Waals surface area contributed by atoms with E-state index in [9.17, 15) is 8.42 Å². The molecule has 0 bridgehead atoms. The van der Waals surface area contributed by atoms with Crippen molar-refractivity contribution in [2.45, 2.75) is 24.7 Å². The van der Waals surface area contributed by atoms with Gasteiger partial charge in [0.15, 0.2) is 0 Å². The Morgan fingerprint density at radius 1 is 1.44 bits per heavy atom. The van der Waals surface area contributed by atoms with E-state index >= 15 is 0 Å². The summed E-state index contributed by atoms with van der Waals surface area (Å²) in [6.45, 7) is 2.50. The van der Waals surface area contributed by atoms with E-state index < -0.39 is 10.0 Å². The molecule has 4 N–H and O–H groups in total. The first kappa shape index (κ1) is 13.2. The molecule has 1 aromatic heterocycles. The minimum Gasteiger partial charge on any atom is -0.292 e. The van der Waals surface area contributed by atoms with Gasteiger partial charge in [-0.3, -0.25) is 5.43 Å². The second kappa shape index (κ2) is 5.17. The molecule has 0 amide bonds. The van der Waals surface area contributed by atoms with E-state index in [0.717, 1.165) is 0 Å². The molecule has 0 aromatic carbocycles. The largest absolute Gasteiger partial charge is 0.292 e. The number of hydrogen-bond donors (Lipinski definition) is 3. The van der Waals surface area contributed by atoms with Gasteiger partial charge in [0.25, 0.3) is 0 Å². The Balaban J connectivity index is 1.99. The summed E-state index contributed by atoms with van der Waals surface area (Å²) in [7, 11) is -3.53. The van der Waals surface area contributed by atoms with Gasteiger partial charge >= 0.3 is 0 Å². The fraction of sp³-hybridized carbons (Fsp3) is 0.600. The summed E-state index contributed by atoms with van der Waals surface area (Å²) in [6, 6.07) is 0. The molecule has 1 aromatic rings. The Bertz CT molecular complexity index is 498. The van der Waals surface area contributed by atoms with Crippen LogP contribution in [0.25, 0.3) is 0 Å². The smallest absolute Gasteiger partial charge is 0.243 e. The molecule has 1 aliphatic rings. The predicted molar refractivity (Wildman–Crippen MR) is 66.9 cm³/mol. The first-order valence-corrected chi connectivity index (χ1v) is 7.29. The molecule has 0 saturated heterocycles. The molecule has 100 valence electrons. The molecule has 0 radical (unpaired) electrons. The van der Waals surface area contributed by atoms with Crippen LogP contribution in [0.2, 0.25) is 0 Å². The third-order valence-electron chi connectivity index (χ3n) is 3.09. The van der Waals surface area contributed by atoms with E-state index in [1.165, 1.54) is 25.2 Å². The average molecular weight is 271 g/mol. The maximum atomic E-state index is 11.9. The summed E-state index contributed by atoms with van der Waals surface area (Å²) >= 11 is 0. The number of anilines is 1. The zero-order valence-electron chi connectivity index (χ0n) is 10.1. The zero-order valence-corrected chi connectivity index (χ0v) is 10.9. The molecule has 1 aliphatic carbocycles. The van der Waals surface area contributed by atoms with Crippen LogP contribution >= 0.6 is 0 Å². The number of nitrogens with zero attached hydrogens (tertiary/aromatic N) is 2. The van der Waals surface area contributed by atoms with E-state index in [-0.39, 0.29) is 10.8 Å². The van der Waals surface area contributed by atoms with Crippen molar-refractivity contribution in [2.75, 3.05) is 12.0 Å². The van der Waals surface area contributed by atoms with Crippen LogP contribution in [-0.4, -0.2) is 24.9 Å². The molecule has 0 spiro atoms. The van der Waals surface area contributed by atoms with Gasteiger partial charge in [-0.05, 0) is 24.7 Å². The van der Waals surface area contributed by atoms with Gasteiger partial charge < -0.3 is 0 Å². The van der Waals surface area contributed by atoms with E-state index in [1.807, 2.05) is 0 Å². The lowest BCUT2D eigenvalue weighted by molar-refractivity contribution is 0.491. The molecule has 1 heterocycles. The molecule has 0 aliphatic heterocycles. The second-order valence-electron chi connectivity index (χ2n) is 4.55. The highest BCUT2D eigenvalue weighted by Gasteiger charge is 2.28. The Kier molecular flexibility index (Phi) is 3.79. The van der Waals surface area contributed by atoms with Crippen molar-refractivity contribution in [1.29, 1.82) is 0 Å². The fourth-order valence-corrected chi connectivity index (χ4v) is 2.72. The van der Waals surface area contributed by atoms with Gasteiger partial charge in [-0.1, -0.05) is 6.92 Å². The highest BCUT2D eigenvalue weighted by atomic mass is 32.2. The van der Waals surface area contributed by atoms with E-state index in [0.29, 0.717) is 18.4 Å². The Labute approximate surface area is 106 Å². The maximum Gasteiger partial charge on any atom is 0.243 e. The monoisotopic (exact) mass is 271 g/mol. The topological polar surface area (TPSA) is 110 Å². The second-order valence-corrected chi connectivity index (χ2v) is 6.32. The summed E-state index contributed by atoms with van der Waals surface area (Å²) in [6.07, 6.45) is 4.85. The van der Waals surface area contributed by atoms with Crippen molar-refractivity contribution in [3.05, 3.63) is 12.4 Å². The highest BCUT2D eigenvalue weighted by molar-refractivity contribution is 7.89. The number of rotatable bonds is 6. The number of nitrogens with one attached hydrogen (secondary N) is 2. The van der Waals surface area contributed by atoms with Crippen molar-refractivity contribution < 1.29 is 8.42 Å². The number of nitrogens with two attached hydrogens (primary N) is 1. The van der Waals surface area contributed by atoms with Crippen LogP contribution in [0.5, 0.6) is 0 Å². The fourth-order valence-electron chi connectivity index (χ4n) is 1.69. The molecule has 18 heavy (non-hydrogen) atoms. The summed E-state index contributed by atoms with van der Waals surface area (Å²) in [4.78, 5) is 7.59. The van der Waals surface area contributed by atoms with Crippen LogP contribution in [-0.2, 0) is 10.0 Å². The Hall–Kier alpha value is -1.25. The van der Waals surface area contributed by atoms with Crippen LogP contribution in [0.3, 0.4) is 0 Å². The van der Waals surface area contributed by atoms with Gasteiger partial charge in [-0.2, -0.15) is 0 Å². The van der Waals surface area contributed by atoms with Gasteiger partial charge in [-0.25, -0.2) is 29.0 Å². The van der Waals surface area contributed by atoms with Gasteiger partial charge in [0.1, 0.15) is 4.90 Å². The molecular weight excluding hydrogens is 254 g/mol. The molecule has 2 rings (SSSR count). The number of nitrogen functional groups attached to an aromatic ring is 1. The van der Waals surface area contributed by atoms with Crippen molar-refractivity contribution in [3.8, 4) is 0 Å². The molecule has 1 fully saturated rings. The number of sulfonamides is 1.